The Morgan fingerprint density at radius 3 is 2.10 bits per heavy atom. The lowest BCUT2D eigenvalue weighted by atomic mass is 10.2. The van der Waals surface area contributed by atoms with Gasteiger partial charge in [0.15, 0.2) is 5.69 Å². The minimum atomic E-state index is -0.125. The molecule has 0 fully saturated rings. The maximum Gasteiger partial charge on any atom is 0.169 e. The number of quaternary nitrogens is 1. The van der Waals surface area contributed by atoms with Crippen molar-refractivity contribution in [2.45, 2.75) is 6.92 Å². The zero-order valence-electron chi connectivity index (χ0n) is 6.19. The lowest BCUT2D eigenvalue weighted by Crippen LogP contribution is -2.95. The lowest BCUT2D eigenvalue weighted by Gasteiger charge is -1.98. The molecule has 0 aliphatic rings. The van der Waals surface area contributed by atoms with Gasteiger partial charge < -0.3 is 0 Å². The Bertz CT molecular complexity index is 203. The summed E-state index contributed by atoms with van der Waals surface area (Å²) in [6.45, 7) is 1.98. The first-order valence-corrected chi connectivity index (χ1v) is 3.26. The quantitative estimate of drug-likeness (QED) is 0.556. The minimum Gasteiger partial charge on any atom is -0.111 e. The zero-order chi connectivity index (χ0) is 7.56. The molecule has 0 aliphatic heterocycles. The first-order chi connectivity index (χ1) is 4.70. The summed E-state index contributed by atoms with van der Waals surface area (Å²) < 4.78 is 12.5. The molecule has 0 amide bonds. The zero-order valence-corrected chi connectivity index (χ0v) is 6.19. The van der Waals surface area contributed by atoms with Gasteiger partial charge in [-0.05, 0) is 6.92 Å². The number of hydrogen-bond acceptors (Lipinski definition) is 0. The summed E-state index contributed by atoms with van der Waals surface area (Å²) in [5, 5.41) is -0.125. The van der Waals surface area contributed by atoms with Crippen LogP contribution in [0.15, 0.2) is 24.3 Å². The van der Waals surface area contributed by atoms with Crippen LogP contribution in [-0.4, -0.2) is 7.05 Å². The van der Waals surface area contributed by atoms with Crippen LogP contribution in [0.2, 0.25) is 0 Å². The van der Waals surface area contributed by atoms with Gasteiger partial charge in [-0.1, -0.05) is 17.7 Å². The highest BCUT2D eigenvalue weighted by Gasteiger charge is 2.01. The largest absolute Gasteiger partial charge is 0.169 e. The van der Waals surface area contributed by atoms with Gasteiger partial charge in [0, 0.05) is 16.6 Å². The molecule has 10 heavy (non-hydrogen) atoms. The molecule has 0 saturated carbocycles. The molecule has 0 aromatic heterocycles. The minimum absolute atomic E-state index is 0.125. The van der Waals surface area contributed by atoms with Crippen molar-refractivity contribution in [3.8, 4) is 0 Å². The molecule has 1 unspecified atom stereocenters. The molecule has 0 spiro atoms. The van der Waals surface area contributed by atoms with E-state index in [4.69, 9.17) is 0 Å². The van der Waals surface area contributed by atoms with Gasteiger partial charge in [0.1, 0.15) is 7.05 Å². The molecule has 1 N–H and O–H groups in total. The summed E-state index contributed by atoms with van der Waals surface area (Å²) in [5.74, 6) is 0. The van der Waals surface area contributed by atoms with Crippen molar-refractivity contribution in [2.24, 2.45) is 0 Å². The summed E-state index contributed by atoms with van der Waals surface area (Å²) in [6.07, 6.45) is 0. The van der Waals surface area contributed by atoms with Crippen LogP contribution in [0, 0.1) is 6.92 Å². The van der Waals surface area contributed by atoms with Gasteiger partial charge in [0.2, 0.25) is 0 Å². The van der Waals surface area contributed by atoms with E-state index in [2.05, 4.69) is 0 Å². The van der Waals surface area contributed by atoms with E-state index >= 15 is 0 Å². The maximum atomic E-state index is 12.5. The standard InChI is InChI=1S/C8H10FN/c1-7-3-5-8(6-4-7)10(2)9/h3-6H,1-2H3/p+1. The molecule has 0 bridgehead atoms. The number of hydrogen-bond donors (Lipinski definition) is 1. The molecule has 1 atom stereocenters. The van der Waals surface area contributed by atoms with E-state index in [1.165, 1.54) is 7.05 Å². The molecule has 2 heteroatoms. The topological polar surface area (TPSA) is 4.44 Å². The van der Waals surface area contributed by atoms with E-state index in [1.807, 2.05) is 19.1 Å². The third kappa shape index (κ3) is 1.54. The number of nitrogens with one attached hydrogen (secondary N) is 1. The Hall–Kier alpha value is -0.890. The summed E-state index contributed by atoms with van der Waals surface area (Å²) in [5.41, 5.74) is 1.83. The molecule has 0 heterocycles. The Balaban J connectivity index is 2.89. The molecule has 1 aromatic rings. The predicted octanol–water partition coefficient (Wildman–Crippen LogP) is 1.03. The Labute approximate surface area is 60.0 Å². The highest BCUT2D eigenvalue weighted by molar-refractivity contribution is 5.31. The van der Waals surface area contributed by atoms with Crippen molar-refractivity contribution in [1.82, 2.24) is 0 Å². The van der Waals surface area contributed by atoms with Crippen molar-refractivity contribution in [1.29, 1.82) is 0 Å². The third-order valence-electron chi connectivity index (χ3n) is 1.45. The van der Waals surface area contributed by atoms with Gasteiger partial charge >= 0.3 is 0 Å². The van der Waals surface area contributed by atoms with Gasteiger partial charge in [-0.3, -0.25) is 0 Å². The van der Waals surface area contributed by atoms with E-state index in [1.54, 1.807) is 12.1 Å². The van der Waals surface area contributed by atoms with E-state index in [-0.39, 0.29) is 5.12 Å². The molecule has 1 aromatic carbocycles. The monoisotopic (exact) mass is 140 g/mol. The second kappa shape index (κ2) is 2.80. The van der Waals surface area contributed by atoms with Crippen LogP contribution in [0.5, 0.6) is 0 Å². The molecule has 1 rings (SSSR count). The number of rotatable bonds is 1. The Kier molecular flexibility index (Phi) is 2.02. The highest BCUT2D eigenvalue weighted by atomic mass is 19.2. The third-order valence-corrected chi connectivity index (χ3v) is 1.45. The van der Waals surface area contributed by atoms with E-state index < -0.39 is 0 Å². The van der Waals surface area contributed by atoms with Crippen LogP contribution in [0.1, 0.15) is 5.56 Å². The van der Waals surface area contributed by atoms with Crippen molar-refractivity contribution in [2.75, 3.05) is 7.05 Å². The number of aryl methyl sites for hydroxylation is 1. The smallest absolute Gasteiger partial charge is 0.111 e. The molecule has 54 valence electrons. The fraction of sp³-hybridized carbons (Fsp3) is 0.250. The van der Waals surface area contributed by atoms with Crippen LogP contribution >= 0.6 is 0 Å². The van der Waals surface area contributed by atoms with E-state index in [9.17, 15) is 4.48 Å². The van der Waals surface area contributed by atoms with Crippen LogP contribution in [-0.2, 0) is 0 Å². The van der Waals surface area contributed by atoms with Gasteiger partial charge in [-0.15, -0.1) is 5.12 Å². The lowest BCUT2D eigenvalue weighted by molar-refractivity contribution is -0.964. The Morgan fingerprint density at radius 1 is 1.20 bits per heavy atom. The molecule has 0 aliphatic carbocycles. The first-order valence-electron chi connectivity index (χ1n) is 3.26. The molecule has 1 nitrogen and oxygen atoms in total. The predicted molar refractivity (Wildman–Crippen MR) is 38.8 cm³/mol. The summed E-state index contributed by atoms with van der Waals surface area (Å²) in [7, 11) is 1.46. The normalized spacial score (nSPS) is 13.1. The summed E-state index contributed by atoms with van der Waals surface area (Å²) in [6, 6.07) is 7.37. The van der Waals surface area contributed by atoms with E-state index in [0.29, 0.717) is 5.69 Å². The second-order valence-electron chi connectivity index (χ2n) is 2.40. The summed E-state index contributed by atoms with van der Waals surface area (Å²) in [4.78, 5) is 0. The van der Waals surface area contributed by atoms with Crippen molar-refractivity contribution < 1.29 is 9.60 Å². The average molecular weight is 140 g/mol. The van der Waals surface area contributed by atoms with Crippen LogP contribution in [0.25, 0.3) is 0 Å². The van der Waals surface area contributed by atoms with Crippen LogP contribution in [0.4, 0.5) is 10.2 Å². The van der Waals surface area contributed by atoms with Crippen LogP contribution in [0.3, 0.4) is 0 Å². The fourth-order valence-electron chi connectivity index (χ4n) is 0.783. The second-order valence-corrected chi connectivity index (χ2v) is 2.40. The van der Waals surface area contributed by atoms with Gasteiger partial charge in [0.25, 0.3) is 0 Å². The van der Waals surface area contributed by atoms with Crippen molar-refractivity contribution in [3.05, 3.63) is 29.8 Å². The number of halogens is 1. The Morgan fingerprint density at radius 2 is 1.70 bits per heavy atom. The van der Waals surface area contributed by atoms with Gasteiger partial charge in [-0.25, -0.2) is 0 Å². The molecular formula is C8H11FN+. The van der Waals surface area contributed by atoms with Crippen molar-refractivity contribution >= 4 is 5.69 Å². The van der Waals surface area contributed by atoms with E-state index in [0.717, 1.165) is 5.56 Å². The fourth-order valence-corrected chi connectivity index (χ4v) is 0.783. The van der Waals surface area contributed by atoms with Gasteiger partial charge in [-0.2, -0.15) is 0 Å². The first kappa shape index (κ1) is 7.22. The molecule has 0 saturated heterocycles. The van der Waals surface area contributed by atoms with Crippen LogP contribution < -0.4 is 5.12 Å². The highest BCUT2D eigenvalue weighted by Crippen LogP contribution is 2.02. The maximum absolute atomic E-state index is 12.5. The summed E-state index contributed by atoms with van der Waals surface area (Å²) >= 11 is 0. The molecular weight excluding hydrogens is 129 g/mol. The number of benzene rings is 1. The van der Waals surface area contributed by atoms with Gasteiger partial charge in [0.05, 0.1) is 0 Å². The average Bonchev–Trinajstić information content (AvgIpc) is 1.88. The van der Waals surface area contributed by atoms with Crippen molar-refractivity contribution in [3.63, 3.8) is 0 Å². The SMILES string of the molecule is Cc1ccc([NH+](C)F)cc1. The molecule has 0 radical (unpaired) electrons.